The first-order valence-electron chi connectivity index (χ1n) is 10.5. The van der Waals surface area contributed by atoms with Gasteiger partial charge in [0.05, 0.1) is 0 Å². The summed E-state index contributed by atoms with van der Waals surface area (Å²) in [5.74, 6) is 0. The molecule has 0 amide bonds. The fraction of sp³-hybridized carbons (Fsp3) is 0.217. The Morgan fingerprint density at radius 1 is 0.564 bits per heavy atom. The molecule has 214 valence electrons. The lowest BCUT2D eigenvalue weighted by atomic mass is 10.1. The van der Waals surface area contributed by atoms with E-state index >= 15 is 0 Å². The highest BCUT2D eigenvalue weighted by molar-refractivity contribution is 7.86. The molecule has 3 aromatic carbocycles. The largest absolute Gasteiger partial charge is 0.741 e. The Bertz CT molecular complexity index is 1400. The lowest BCUT2D eigenvalue weighted by molar-refractivity contribution is -0.603. The minimum absolute atomic E-state index is 0.0366. The maximum absolute atomic E-state index is 10.7. The monoisotopic (exact) mass is 822 g/mol. The van der Waals surface area contributed by atoms with Gasteiger partial charge in [-0.15, -0.1) is 0 Å². The molecule has 3 aromatic rings. The van der Waals surface area contributed by atoms with Gasteiger partial charge in [-0.1, -0.05) is 24.3 Å². The summed E-state index contributed by atoms with van der Waals surface area (Å²) >= 11 is -0.0768. The van der Waals surface area contributed by atoms with Crippen LogP contribution < -0.4 is 42.4 Å². The van der Waals surface area contributed by atoms with Gasteiger partial charge < -0.3 is 9.11 Å². The average molecular weight is 822 g/mol. The summed E-state index contributed by atoms with van der Waals surface area (Å²) in [6, 6.07) is 27.5. The molecule has 0 radical (unpaired) electrons. The van der Waals surface area contributed by atoms with E-state index in [4.69, 9.17) is 25.9 Å². The van der Waals surface area contributed by atoms with Gasteiger partial charge in [0.2, 0.25) is 0 Å². The van der Waals surface area contributed by atoms with E-state index in [0.717, 1.165) is 0 Å². The Morgan fingerprint density at radius 2 is 0.923 bits per heavy atom. The number of fused-ring (bicyclic) bond motifs is 1. The first-order valence-corrected chi connectivity index (χ1v) is 17.6. The Kier molecular flexibility index (Phi) is 12.0. The summed E-state index contributed by atoms with van der Waals surface area (Å²) in [4.78, 5) is 0. The van der Waals surface area contributed by atoms with Crippen LogP contribution in [-0.2, 0) is 33.1 Å². The molecule has 4 rings (SSSR count). The highest BCUT2D eigenvalue weighted by Gasteiger charge is 2.37. The maximum Gasteiger partial charge on any atom is 0.485 e. The molecule has 0 atom stereocenters. The fourth-order valence-corrected chi connectivity index (χ4v) is 7.43. The zero-order valence-electron chi connectivity index (χ0n) is 19.3. The quantitative estimate of drug-likeness (QED) is 0.138. The standard InChI is InChI=1S/C21H18I2.2CHF3O3S/c1-2-7-18(8-3-1)22-19-11-13-20(14-12-19)23-21-10-9-16-5-4-6-17(16)15-21;2*2-1(3,4)8(5,6)7/h1-3,7-15H,4-6H2;2*(H,5,6,7)/q+2;;/p-2. The van der Waals surface area contributed by atoms with E-state index in [1.165, 1.54) is 30.0 Å². The summed E-state index contributed by atoms with van der Waals surface area (Å²) in [7, 11) is -12.2. The molecule has 0 heterocycles. The van der Waals surface area contributed by atoms with Crippen LogP contribution >= 0.6 is 0 Å². The SMILES string of the molecule is O=S(=O)([O-])C(F)(F)F.O=S(=O)([O-])C(F)(F)F.c1ccc([I+]c2ccc([I+]c3ccc4c(c3)CCC4)cc2)cc1. The van der Waals surface area contributed by atoms with E-state index in [1.54, 1.807) is 14.7 Å². The summed E-state index contributed by atoms with van der Waals surface area (Å²) in [5, 5.41) is 0. The molecule has 39 heavy (non-hydrogen) atoms. The second-order valence-corrected chi connectivity index (χ2v) is 16.3. The molecular weight excluding hydrogens is 804 g/mol. The molecule has 0 spiro atoms. The van der Waals surface area contributed by atoms with Crippen molar-refractivity contribution < 1.29 is 94.7 Å². The van der Waals surface area contributed by atoms with Gasteiger partial charge in [0.1, 0.15) is 0 Å². The van der Waals surface area contributed by atoms with Crippen molar-refractivity contribution in [3.8, 4) is 0 Å². The van der Waals surface area contributed by atoms with Gasteiger partial charge in [-0.25, -0.2) is 16.8 Å². The van der Waals surface area contributed by atoms with Crippen molar-refractivity contribution in [2.24, 2.45) is 0 Å². The number of halogens is 8. The first kappa shape index (κ1) is 33.7. The molecule has 0 aromatic heterocycles. The van der Waals surface area contributed by atoms with Gasteiger partial charge in [-0.3, -0.25) is 0 Å². The van der Waals surface area contributed by atoms with Crippen LogP contribution in [-0.4, -0.2) is 37.0 Å². The summed E-state index contributed by atoms with van der Waals surface area (Å²) in [6.45, 7) is 0. The van der Waals surface area contributed by atoms with Crippen LogP contribution in [0.5, 0.6) is 0 Å². The smallest absolute Gasteiger partial charge is 0.485 e. The Labute approximate surface area is 241 Å². The second kappa shape index (κ2) is 13.9. The van der Waals surface area contributed by atoms with Gasteiger partial charge in [0.25, 0.3) is 0 Å². The number of benzene rings is 3. The van der Waals surface area contributed by atoms with Crippen LogP contribution in [0, 0.1) is 14.3 Å². The highest BCUT2D eigenvalue weighted by atomic mass is 127. The van der Waals surface area contributed by atoms with E-state index in [2.05, 4.69) is 72.8 Å². The van der Waals surface area contributed by atoms with E-state index in [1.807, 2.05) is 0 Å². The molecule has 0 saturated heterocycles. The van der Waals surface area contributed by atoms with Crippen molar-refractivity contribution >= 4 is 20.2 Å². The summed E-state index contributed by atoms with van der Waals surface area (Å²) < 4.78 is 124. The molecule has 1 aliphatic carbocycles. The predicted molar refractivity (Wildman–Crippen MR) is 118 cm³/mol. The molecule has 1 aliphatic rings. The number of rotatable bonds is 4. The van der Waals surface area contributed by atoms with Crippen LogP contribution in [0.2, 0.25) is 0 Å². The van der Waals surface area contributed by atoms with Crippen molar-refractivity contribution in [3.05, 3.63) is 98.2 Å². The van der Waals surface area contributed by atoms with Gasteiger partial charge >= 0.3 is 53.4 Å². The van der Waals surface area contributed by atoms with Gasteiger partial charge in [-0.05, 0) is 78.9 Å². The van der Waals surface area contributed by atoms with E-state index < -0.39 is 31.3 Å². The number of hydrogen-bond acceptors (Lipinski definition) is 6. The molecule has 0 N–H and O–H groups in total. The van der Waals surface area contributed by atoms with Gasteiger partial charge in [-0.2, -0.15) is 26.3 Å². The third kappa shape index (κ3) is 11.5. The zero-order chi connectivity index (χ0) is 29.5. The summed E-state index contributed by atoms with van der Waals surface area (Å²) in [5.41, 5.74) is -8.10. The number of alkyl halides is 6. The highest BCUT2D eigenvalue weighted by Crippen LogP contribution is 2.21. The third-order valence-electron chi connectivity index (χ3n) is 4.60. The van der Waals surface area contributed by atoms with Crippen LogP contribution in [0.4, 0.5) is 26.3 Å². The third-order valence-corrected chi connectivity index (χ3v) is 11.1. The molecule has 0 saturated carbocycles. The lowest BCUT2D eigenvalue weighted by Gasteiger charge is -2.08. The minimum Gasteiger partial charge on any atom is -0.741 e. The zero-order valence-corrected chi connectivity index (χ0v) is 25.3. The van der Waals surface area contributed by atoms with Gasteiger partial charge in [0.15, 0.2) is 34.5 Å². The maximum atomic E-state index is 10.7. The Morgan fingerprint density at radius 3 is 1.36 bits per heavy atom. The second-order valence-electron chi connectivity index (χ2n) is 7.49. The number of aryl methyl sites for hydroxylation is 2. The number of hydrogen-bond donors (Lipinski definition) is 0. The van der Waals surface area contributed by atoms with Crippen LogP contribution in [0.3, 0.4) is 0 Å². The molecular formula is C23H18F6I2O6S2. The van der Waals surface area contributed by atoms with Crippen molar-refractivity contribution in [2.45, 2.75) is 30.3 Å². The predicted octanol–water partition coefficient (Wildman–Crippen LogP) is -1.47. The molecule has 0 unspecified atom stereocenters. The van der Waals surface area contributed by atoms with E-state index in [9.17, 15) is 26.3 Å². The molecule has 0 bridgehead atoms. The van der Waals surface area contributed by atoms with Crippen LogP contribution in [0.15, 0.2) is 72.8 Å². The van der Waals surface area contributed by atoms with Gasteiger partial charge in [0, 0.05) is 0 Å². The fourth-order valence-electron chi connectivity index (χ4n) is 2.88. The molecule has 0 aliphatic heterocycles. The van der Waals surface area contributed by atoms with E-state index in [0.29, 0.717) is 0 Å². The van der Waals surface area contributed by atoms with Crippen molar-refractivity contribution in [3.63, 3.8) is 0 Å². The molecule has 16 heteroatoms. The normalized spacial score (nSPS) is 13.4. The van der Waals surface area contributed by atoms with Crippen molar-refractivity contribution in [1.29, 1.82) is 0 Å². The summed E-state index contributed by atoms with van der Waals surface area (Å²) in [6.07, 6.45) is 3.91. The Balaban J connectivity index is 0.000000277. The Hall–Kier alpha value is -1.48. The van der Waals surface area contributed by atoms with Crippen molar-refractivity contribution in [1.82, 2.24) is 0 Å². The lowest BCUT2D eigenvalue weighted by Crippen LogP contribution is -3.62. The first-order chi connectivity index (χ1) is 17.9. The topological polar surface area (TPSA) is 114 Å². The van der Waals surface area contributed by atoms with Crippen LogP contribution in [0.1, 0.15) is 17.5 Å². The van der Waals surface area contributed by atoms with Crippen LogP contribution in [0.25, 0.3) is 0 Å². The minimum atomic E-state index is -6.09. The molecule has 6 nitrogen and oxygen atoms in total. The molecule has 0 fully saturated rings. The van der Waals surface area contributed by atoms with Crippen molar-refractivity contribution in [2.75, 3.05) is 0 Å². The van der Waals surface area contributed by atoms with E-state index in [-0.39, 0.29) is 42.4 Å². The average Bonchev–Trinajstić information content (AvgIpc) is 3.27.